The summed E-state index contributed by atoms with van der Waals surface area (Å²) in [7, 11) is -3.42. The summed E-state index contributed by atoms with van der Waals surface area (Å²) in [6.07, 6.45) is 4.66. The molecule has 136 valence electrons. The molecule has 0 saturated heterocycles. The largest absolute Gasteiger partial charge is 0.449 e. The van der Waals surface area contributed by atoms with Gasteiger partial charge in [-0.15, -0.1) is 4.40 Å². The molecule has 0 fully saturated rings. The van der Waals surface area contributed by atoms with Crippen molar-refractivity contribution in [3.63, 3.8) is 0 Å². The molecule has 9 heteroatoms. The standard InChI is InChI=1S/C17H17N3O5S/c1-17(2)24-13-5-4-12(9-14(13)25-17)18-16(21)11-3-6-15-19-26(22,23)8-7-20(15)10-11/h3-6,9-10H,7-8H2,1-2H3,(H,18,21). The molecule has 0 radical (unpaired) electrons. The minimum atomic E-state index is -3.42. The van der Waals surface area contributed by atoms with Crippen molar-refractivity contribution in [2.24, 2.45) is 4.40 Å². The van der Waals surface area contributed by atoms with Crippen LogP contribution in [0.25, 0.3) is 0 Å². The lowest BCUT2D eigenvalue weighted by atomic mass is 10.1. The predicted octanol–water partition coefficient (Wildman–Crippen LogP) is 1.63. The molecule has 0 aliphatic carbocycles. The van der Waals surface area contributed by atoms with Crippen LogP contribution in [0.5, 0.6) is 11.5 Å². The number of amidine groups is 1. The third-order valence-corrected chi connectivity index (χ3v) is 5.16. The summed E-state index contributed by atoms with van der Waals surface area (Å²) in [5.41, 5.74) is 0.978. The fourth-order valence-corrected chi connectivity index (χ4v) is 3.81. The average Bonchev–Trinajstić information content (AvgIpc) is 2.86. The van der Waals surface area contributed by atoms with Gasteiger partial charge >= 0.3 is 0 Å². The highest BCUT2D eigenvalue weighted by molar-refractivity contribution is 7.90. The Morgan fingerprint density at radius 1 is 1.23 bits per heavy atom. The molecule has 0 saturated carbocycles. The van der Waals surface area contributed by atoms with Crippen LogP contribution >= 0.6 is 0 Å². The zero-order chi connectivity index (χ0) is 18.5. The van der Waals surface area contributed by atoms with E-state index in [4.69, 9.17) is 9.47 Å². The second-order valence-electron chi connectivity index (χ2n) is 6.57. The molecule has 1 aromatic rings. The fraction of sp³-hybridized carbons (Fsp3) is 0.294. The summed E-state index contributed by atoms with van der Waals surface area (Å²) in [6, 6.07) is 5.18. The quantitative estimate of drug-likeness (QED) is 0.844. The Labute approximate surface area is 150 Å². The molecule has 3 heterocycles. The number of ether oxygens (including phenoxy) is 2. The summed E-state index contributed by atoms with van der Waals surface area (Å²) >= 11 is 0. The van der Waals surface area contributed by atoms with Crippen molar-refractivity contribution in [1.29, 1.82) is 0 Å². The Kier molecular flexibility index (Phi) is 3.58. The average molecular weight is 375 g/mol. The number of sulfonamides is 1. The summed E-state index contributed by atoms with van der Waals surface area (Å²) < 4.78 is 38.0. The maximum atomic E-state index is 12.5. The van der Waals surface area contributed by atoms with Crippen molar-refractivity contribution in [2.45, 2.75) is 19.6 Å². The van der Waals surface area contributed by atoms with Crippen LogP contribution in [0.15, 0.2) is 46.5 Å². The third-order valence-electron chi connectivity index (χ3n) is 4.00. The van der Waals surface area contributed by atoms with Crippen molar-refractivity contribution in [3.8, 4) is 11.5 Å². The topological polar surface area (TPSA) is 97.3 Å². The van der Waals surface area contributed by atoms with Gasteiger partial charge in [0.15, 0.2) is 11.5 Å². The smallest absolute Gasteiger partial charge is 0.257 e. The molecule has 0 spiro atoms. The van der Waals surface area contributed by atoms with E-state index in [0.29, 0.717) is 28.6 Å². The van der Waals surface area contributed by atoms with E-state index < -0.39 is 15.8 Å². The number of fused-ring (bicyclic) bond motifs is 2. The first-order valence-electron chi connectivity index (χ1n) is 8.03. The maximum Gasteiger partial charge on any atom is 0.257 e. The first kappa shape index (κ1) is 16.6. The number of benzene rings is 1. The van der Waals surface area contributed by atoms with Crippen LogP contribution in [0.3, 0.4) is 0 Å². The lowest BCUT2D eigenvalue weighted by Gasteiger charge is -2.26. The number of carbonyl (C=O) groups excluding carboxylic acids is 1. The molecule has 1 N–H and O–H groups in total. The molecule has 0 atom stereocenters. The van der Waals surface area contributed by atoms with Gasteiger partial charge in [-0.05, 0) is 24.3 Å². The number of nitrogens with zero attached hydrogens (tertiary/aromatic N) is 2. The third kappa shape index (κ3) is 3.17. The van der Waals surface area contributed by atoms with Crippen LogP contribution in [0.2, 0.25) is 0 Å². The van der Waals surface area contributed by atoms with E-state index in [2.05, 4.69) is 9.71 Å². The van der Waals surface area contributed by atoms with E-state index in [9.17, 15) is 13.2 Å². The van der Waals surface area contributed by atoms with Crippen molar-refractivity contribution in [3.05, 3.63) is 42.1 Å². The van der Waals surface area contributed by atoms with Crippen molar-refractivity contribution < 1.29 is 22.7 Å². The summed E-state index contributed by atoms with van der Waals surface area (Å²) in [5.74, 6) is 0.388. The summed E-state index contributed by atoms with van der Waals surface area (Å²) in [4.78, 5) is 14.2. The minimum Gasteiger partial charge on any atom is -0.449 e. The highest BCUT2D eigenvalue weighted by atomic mass is 32.2. The number of rotatable bonds is 2. The number of amides is 1. The molecule has 3 aliphatic rings. The van der Waals surface area contributed by atoms with Crippen LogP contribution in [-0.2, 0) is 14.8 Å². The van der Waals surface area contributed by atoms with Crippen LogP contribution < -0.4 is 14.8 Å². The monoisotopic (exact) mass is 375 g/mol. The first-order valence-corrected chi connectivity index (χ1v) is 9.64. The SMILES string of the molecule is CC1(C)Oc2ccc(NC(=O)C3=CN4CCS(=O)(=O)N=C4C=C3)cc2O1. The Morgan fingerprint density at radius 2 is 2.00 bits per heavy atom. The van der Waals surface area contributed by atoms with Gasteiger partial charge in [-0.1, -0.05) is 0 Å². The normalized spacial score (nSPS) is 21.5. The molecule has 8 nitrogen and oxygen atoms in total. The second-order valence-corrected chi connectivity index (χ2v) is 8.32. The van der Waals surface area contributed by atoms with E-state index in [1.807, 2.05) is 0 Å². The van der Waals surface area contributed by atoms with Gasteiger partial charge in [0.2, 0.25) is 5.79 Å². The lowest BCUT2D eigenvalue weighted by Crippen LogP contribution is -2.37. The van der Waals surface area contributed by atoms with Gasteiger partial charge in [0.1, 0.15) is 5.84 Å². The zero-order valence-electron chi connectivity index (χ0n) is 14.2. The van der Waals surface area contributed by atoms with Gasteiger partial charge in [-0.3, -0.25) is 4.79 Å². The van der Waals surface area contributed by atoms with E-state index in [0.717, 1.165) is 0 Å². The molecule has 3 aliphatic heterocycles. The van der Waals surface area contributed by atoms with Crippen LogP contribution in [-0.4, -0.2) is 43.1 Å². The van der Waals surface area contributed by atoms with Crippen molar-refractivity contribution in [2.75, 3.05) is 17.6 Å². The summed E-state index contributed by atoms with van der Waals surface area (Å²) in [6.45, 7) is 3.88. The van der Waals surface area contributed by atoms with Gasteiger partial charge in [0, 0.05) is 38.3 Å². The van der Waals surface area contributed by atoms with Crippen LogP contribution in [0.4, 0.5) is 5.69 Å². The Balaban J connectivity index is 1.50. The number of anilines is 1. The molecule has 0 aromatic heterocycles. The molecule has 4 rings (SSSR count). The molecule has 26 heavy (non-hydrogen) atoms. The highest BCUT2D eigenvalue weighted by Gasteiger charge is 2.32. The van der Waals surface area contributed by atoms with Gasteiger partial charge in [-0.25, -0.2) is 8.42 Å². The van der Waals surface area contributed by atoms with Crippen LogP contribution in [0, 0.1) is 0 Å². The van der Waals surface area contributed by atoms with Gasteiger partial charge in [0.05, 0.1) is 11.3 Å². The molecule has 0 unspecified atom stereocenters. The second kappa shape index (κ2) is 5.60. The van der Waals surface area contributed by atoms with Gasteiger partial charge in [-0.2, -0.15) is 0 Å². The van der Waals surface area contributed by atoms with Crippen LogP contribution in [0.1, 0.15) is 13.8 Å². The Morgan fingerprint density at radius 3 is 2.81 bits per heavy atom. The summed E-state index contributed by atoms with van der Waals surface area (Å²) in [5, 5.41) is 2.80. The number of hydrogen-bond donors (Lipinski definition) is 1. The lowest BCUT2D eigenvalue weighted by molar-refractivity contribution is -0.112. The number of nitrogens with one attached hydrogen (secondary N) is 1. The van der Waals surface area contributed by atoms with E-state index in [1.54, 1.807) is 49.2 Å². The van der Waals surface area contributed by atoms with E-state index in [-0.39, 0.29) is 18.2 Å². The van der Waals surface area contributed by atoms with Crippen molar-refractivity contribution >= 4 is 27.5 Å². The van der Waals surface area contributed by atoms with E-state index >= 15 is 0 Å². The maximum absolute atomic E-state index is 12.5. The Bertz CT molecular complexity index is 992. The molecular weight excluding hydrogens is 358 g/mol. The number of hydrogen-bond acceptors (Lipinski definition) is 6. The van der Waals surface area contributed by atoms with Crippen molar-refractivity contribution in [1.82, 2.24) is 4.90 Å². The highest BCUT2D eigenvalue weighted by Crippen LogP contribution is 2.40. The zero-order valence-corrected chi connectivity index (χ0v) is 15.0. The van der Waals surface area contributed by atoms with E-state index in [1.165, 1.54) is 6.08 Å². The van der Waals surface area contributed by atoms with Gasteiger partial charge < -0.3 is 19.7 Å². The fourth-order valence-electron chi connectivity index (χ4n) is 2.84. The predicted molar refractivity (Wildman–Crippen MR) is 95.6 cm³/mol. The first-order chi connectivity index (χ1) is 12.2. The molecule has 1 amide bonds. The molecular formula is C17H17N3O5S. The molecule has 1 aromatic carbocycles. The Hall–Kier alpha value is -2.81. The van der Waals surface area contributed by atoms with Gasteiger partial charge in [0.25, 0.3) is 15.9 Å². The number of carbonyl (C=O) groups is 1. The minimum absolute atomic E-state index is 0.0757. The molecule has 0 bridgehead atoms.